The zero-order chi connectivity index (χ0) is 16.9. The van der Waals surface area contributed by atoms with Gasteiger partial charge < -0.3 is 15.0 Å². The summed E-state index contributed by atoms with van der Waals surface area (Å²) in [5.41, 5.74) is 2.24. The normalized spacial score (nSPS) is 13.1. The molecule has 0 atom stereocenters. The molecule has 1 aliphatic rings. The Balaban J connectivity index is 1.65. The fourth-order valence-electron chi connectivity index (χ4n) is 2.71. The summed E-state index contributed by atoms with van der Waals surface area (Å²) in [4.78, 5) is 34.0. The van der Waals surface area contributed by atoms with Gasteiger partial charge in [0.1, 0.15) is 12.0 Å². The molecule has 1 aromatic carbocycles. The molecule has 124 valence electrons. The maximum atomic E-state index is 12.5. The van der Waals surface area contributed by atoms with Gasteiger partial charge in [-0.05, 0) is 24.5 Å². The SMILES string of the molecule is COc1cc(C(=O)NCC(=O)N2CCCc3ccccc32)ncn1. The number of carbonyl (C=O) groups excluding carboxylic acids is 2. The number of rotatable bonds is 4. The first-order chi connectivity index (χ1) is 11.7. The third kappa shape index (κ3) is 3.34. The second-order valence-electron chi connectivity index (χ2n) is 5.41. The molecule has 0 spiro atoms. The molecule has 3 rings (SSSR count). The summed E-state index contributed by atoms with van der Waals surface area (Å²) < 4.78 is 4.96. The van der Waals surface area contributed by atoms with E-state index in [1.807, 2.05) is 24.3 Å². The molecule has 1 aromatic heterocycles. The lowest BCUT2D eigenvalue weighted by Crippen LogP contribution is -2.42. The van der Waals surface area contributed by atoms with Gasteiger partial charge in [0, 0.05) is 18.3 Å². The standard InChI is InChI=1S/C17H18N4O3/c1-24-15-9-13(19-11-20-15)17(23)18-10-16(22)21-8-4-6-12-5-2-3-7-14(12)21/h2-3,5,7,9,11H,4,6,8,10H2,1H3,(H,18,23). The Labute approximate surface area is 139 Å². The van der Waals surface area contributed by atoms with E-state index >= 15 is 0 Å². The number of amides is 2. The molecular weight excluding hydrogens is 308 g/mol. The number of ether oxygens (including phenoxy) is 1. The summed E-state index contributed by atoms with van der Waals surface area (Å²) in [5.74, 6) is -0.280. The average Bonchev–Trinajstić information content (AvgIpc) is 2.65. The minimum absolute atomic E-state index is 0.0838. The first-order valence-electron chi connectivity index (χ1n) is 7.71. The van der Waals surface area contributed by atoms with Crippen LogP contribution >= 0.6 is 0 Å². The summed E-state index contributed by atoms with van der Waals surface area (Å²) >= 11 is 0. The maximum absolute atomic E-state index is 12.5. The van der Waals surface area contributed by atoms with Gasteiger partial charge in [-0.15, -0.1) is 0 Å². The molecule has 0 saturated heterocycles. The summed E-state index contributed by atoms with van der Waals surface area (Å²) in [6.07, 6.45) is 3.13. The zero-order valence-electron chi connectivity index (χ0n) is 13.4. The topological polar surface area (TPSA) is 84.4 Å². The number of para-hydroxylation sites is 1. The van der Waals surface area contributed by atoms with E-state index in [0.29, 0.717) is 12.4 Å². The maximum Gasteiger partial charge on any atom is 0.270 e. The van der Waals surface area contributed by atoms with Gasteiger partial charge in [0.05, 0.1) is 13.7 Å². The van der Waals surface area contributed by atoms with Gasteiger partial charge in [-0.2, -0.15) is 0 Å². The Bertz CT molecular complexity index is 763. The van der Waals surface area contributed by atoms with Crippen molar-refractivity contribution in [1.82, 2.24) is 15.3 Å². The molecule has 7 nitrogen and oxygen atoms in total. The van der Waals surface area contributed by atoms with Crippen molar-refractivity contribution in [1.29, 1.82) is 0 Å². The van der Waals surface area contributed by atoms with Crippen LogP contribution in [0.25, 0.3) is 0 Å². The lowest BCUT2D eigenvalue weighted by molar-refractivity contribution is -0.117. The highest BCUT2D eigenvalue weighted by molar-refractivity contribution is 6.00. The average molecular weight is 326 g/mol. The van der Waals surface area contributed by atoms with E-state index in [1.165, 1.54) is 19.5 Å². The molecule has 2 heterocycles. The monoisotopic (exact) mass is 326 g/mol. The molecule has 0 bridgehead atoms. The van der Waals surface area contributed by atoms with Crippen molar-refractivity contribution < 1.29 is 14.3 Å². The number of carbonyl (C=O) groups is 2. The van der Waals surface area contributed by atoms with E-state index in [1.54, 1.807) is 4.90 Å². The van der Waals surface area contributed by atoms with Gasteiger partial charge >= 0.3 is 0 Å². The van der Waals surface area contributed by atoms with Crippen LogP contribution in [-0.2, 0) is 11.2 Å². The van der Waals surface area contributed by atoms with Crippen LogP contribution in [0.1, 0.15) is 22.5 Å². The van der Waals surface area contributed by atoms with Crippen LogP contribution in [0.3, 0.4) is 0 Å². The van der Waals surface area contributed by atoms with E-state index in [4.69, 9.17) is 4.74 Å². The predicted molar refractivity (Wildman–Crippen MR) is 88.0 cm³/mol. The third-order valence-corrected chi connectivity index (χ3v) is 3.90. The van der Waals surface area contributed by atoms with Gasteiger partial charge in [0.15, 0.2) is 0 Å². The van der Waals surface area contributed by atoms with Crippen LogP contribution in [0, 0.1) is 0 Å². The molecule has 2 amide bonds. The number of benzene rings is 1. The second-order valence-corrected chi connectivity index (χ2v) is 5.41. The molecule has 7 heteroatoms. The van der Waals surface area contributed by atoms with E-state index in [9.17, 15) is 9.59 Å². The van der Waals surface area contributed by atoms with Crippen LogP contribution in [-0.4, -0.2) is 42.0 Å². The molecule has 24 heavy (non-hydrogen) atoms. The van der Waals surface area contributed by atoms with Gasteiger partial charge in [0.25, 0.3) is 5.91 Å². The van der Waals surface area contributed by atoms with Gasteiger partial charge in [-0.25, -0.2) is 9.97 Å². The fraction of sp³-hybridized carbons (Fsp3) is 0.294. The highest BCUT2D eigenvalue weighted by atomic mass is 16.5. The Hall–Kier alpha value is -2.96. The Morgan fingerprint density at radius 3 is 2.96 bits per heavy atom. The molecule has 1 aliphatic heterocycles. The lowest BCUT2D eigenvalue weighted by Gasteiger charge is -2.29. The summed E-state index contributed by atoms with van der Waals surface area (Å²) in [5, 5.41) is 2.60. The van der Waals surface area contributed by atoms with Crippen molar-refractivity contribution in [2.75, 3.05) is 25.1 Å². The summed E-state index contributed by atoms with van der Waals surface area (Å²) in [6, 6.07) is 9.27. The lowest BCUT2D eigenvalue weighted by atomic mass is 10.0. The van der Waals surface area contributed by atoms with Crippen LogP contribution in [0.2, 0.25) is 0 Å². The van der Waals surface area contributed by atoms with E-state index in [0.717, 1.165) is 24.1 Å². The number of nitrogens with one attached hydrogen (secondary N) is 1. The van der Waals surface area contributed by atoms with Gasteiger partial charge in [-0.3, -0.25) is 9.59 Å². The smallest absolute Gasteiger partial charge is 0.270 e. The largest absolute Gasteiger partial charge is 0.481 e. The van der Waals surface area contributed by atoms with Crippen molar-refractivity contribution >= 4 is 17.5 Å². The van der Waals surface area contributed by atoms with Crippen LogP contribution in [0.15, 0.2) is 36.7 Å². The molecule has 1 N–H and O–H groups in total. The number of methoxy groups -OCH3 is 1. The molecular formula is C17H18N4O3. The summed E-state index contributed by atoms with van der Waals surface area (Å²) in [7, 11) is 1.46. The fourth-order valence-corrected chi connectivity index (χ4v) is 2.71. The van der Waals surface area contributed by atoms with Gasteiger partial charge in [-0.1, -0.05) is 18.2 Å². The molecule has 0 saturated carbocycles. The number of hydrogen-bond donors (Lipinski definition) is 1. The van der Waals surface area contributed by atoms with Crippen molar-refractivity contribution in [3.05, 3.63) is 47.9 Å². The van der Waals surface area contributed by atoms with Crippen molar-refractivity contribution in [3.8, 4) is 5.88 Å². The molecule has 2 aromatic rings. The van der Waals surface area contributed by atoms with Crippen molar-refractivity contribution in [2.45, 2.75) is 12.8 Å². The van der Waals surface area contributed by atoms with Crippen LogP contribution in [0.5, 0.6) is 5.88 Å². The van der Waals surface area contributed by atoms with E-state index in [2.05, 4.69) is 15.3 Å². The van der Waals surface area contributed by atoms with E-state index in [-0.39, 0.29) is 18.1 Å². The van der Waals surface area contributed by atoms with Crippen molar-refractivity contribution in [3.63, 3.8) is 0 Å². The molecule has 0 aliphatic carbocycles. The number of nitrogens with zero attached hydrogens (tertiary/aromatic N) is 3. The first-order valence-corrected chi connectivity index (χ1v) is 7.71. The highest BCUT2D eigenvalue weighted by Gasteiger charge is 2.22. The second kappa shape index (κ2) is 7.08. The van der Waals surface area contributed by atoms with E-state index < -0.39 is 5.91 Å². The third-order valence-electron chi connectivity index (χ3n) is 3.90. The quantitative estimate of drug-likeness (QED) is 0.912. The Morgan fingerprint density at radius 1 is 1.29 bits per heavy atom. The van der Waals surface area contributed by atoms with Crippen LogP contribution in [0.4, 0.5) is 5.69 Å². The summed E-state index contributed by atoms with van der Waals surface area (Å²) in [6.45, 7) is 0.576. The predicted octanol–water partition coefficient (Wildman–Crippen LogP) is 1.19. The molecule has 0 radical (unpaired) electrons. The number of anilines is 1. The number of aryl methyl sites for hydroxylation is 1. The van der Waals surface area contributed by atoms with Crippen molar-refractivity contribution in [2.24, 2.45) is 0 Å². The number of fused-ring (bicyclic) bond motifs is 1. The number of aromatic nitrogens is 2. The molecule has 0 unspecified atom stereocenters. The zero-order valence-corrected chi connectivity index (χ0v) is 13.4. The first kappa shape index (κ1) is 15.9. The minimum atomic E-state index is -0.436. The van der Waals surface area contributed by atoms with Crippen LogP contribution < -0.4 is 15.0 Å². The minimum Gasteiger partial charge on any atom is -0.481 e. The van der Waals surface area contributed by atoms with Gasteiger partial charge in [0.2, 0.25) is 11.8 Å². The number of hydrogen-bond acceptors (Lipinski definition) is 5. The Morgan fingerprint density at radius 2 is 2.12 bits per heavy atom. The highest BCUT2D eigenvalue weighted by Crippen LogP contribution is 2.26. The Kier molecular flexibility index (Phi) is 4.69. The molecule has 0 fully saturated rings.